The van der Waals surface area contributed by atoms with Crippen molar-refractivity contribution >= 4 is 0 Å². The summed E-state index contributed by atoms with van der Waals surface area (Å²) >= 11 is 0. The number of nitrogens with one attached hydrogen (secondary N) is 1. The lowest BCUT2D eigenvalue weighted by molar-refractivity contribution is 0.221. The van der Waals surface area contributed by atoms with Crippen LogP contribution in [0, 0.1) is 11.8 Å². The maximum absolute atomic E-state index is 5.87. The summed E-state index contributed by atoms with van der Waals surface area (Å²) in [6, 6.07) is 0.131. The minimum absolute atomic E-state index is 0.131. The molecule has 0 amide bonds. The Hall–Kier alpha value is -1.07. The molecule has 2 rings (SSSR count). The van der Waals surface area contributed by atoms with E-state index in [0.29, 0.717) is 5.92 Å². The zero-order valence-electron chi connectivity index (χ0n) is 12.9. The molecule has 1 heterocycles. The van der Waals surface area contributed by atoms with Crippen LogP contribution in [-0.2, 0) is 6.54 Å². The van der Waals surface area contributed by atoms with Crippen molar-refractivity contribution < 1.29 is 4.74 Å². The summed E-state index contributed by atoms with van der Waals surface area (Å²) in [5.74, 6) is 8.13. The molecule has 0 saturated heterocycles. The third-order valence-electron chi connectivity index (χ3n) is 4.51. The molecule has 0 radical (unpaired) electrons. The van der Waals surface area contributed by atoms with E-state index in [9.17, 15) is 0 Å². The van der Waals surface area contributed by atoms with Crippen molar-refractivity contribution in [1.82, 2.24) is 15.2 Å². The maximum atomic E-state index is 5.87. The second kappa shape index (κ2) is 7.09. The molecule has 1 atom stereocenters. The van der Waals surface area contributed by atoms with Crippen LogP contribution < -0.4 is 16.0 Å². The van der Waals surface area contributed by atoms with Gasteiger partial charge in [-0.2, -0.15) is 5.10 Å². The fourth-order valence-corrected chi connectivity index (χ4v) is 3.30. The van der Waals surface area contributed by atoms with E-state index in [-0.39, 0.29) is 6.04 Å². The first-order chi connectivity index (χ1) is 9.71. The van der Waals surface area contributed by atoms with Crippen LogP contribution in [0.5, 0.6) is 5.75 Å². The predicted octanol–water partition coefficient (Wildman–Crippen LogP) is 2.63. The molecule has 20 heavy (non-hydrogen) atoms. The number of aryl methyl sites for hydroxylation is 1. The van der Waals surface area contributed by atoms with Gasteiger partial charge in [0.1, 0.15) is 0 Å². The molecule has 1 aliphatic rings. The fraction of sp³-hybridized carbons (Fsp3) is 0.800. The second-order valence-electron chi connectivity index (χ2n) is 5.99. The van der Waals surface area contributed by atoms with Crippen LogP contribution in [0.1, 0.15) is 57.7 Å². The summed E-state index contributed by atoms with van der Waals surface area (Å²) in [5.41, 5.74) is 4.13. The Bertz CT molecular complexity index is 410. The van der Waals surface area contributed by atoms with Gasteiger partial charge in [0.25, 0.3) is 0 Å². The highest BCUT2D eigenvalue weighted by Crippen LogP contribution is 2.39. The molecule has 0 bridgehead atoms. The van der Waals surface area contributed by atoms with E-state index in [1.807, 2.05) is 4.68 Å². The van der Waals surface area contributed by atoms with Gasteiger partial charge in [0, 0.05) is 6.54 Å². The summed E-state index contributed by atoms with van der Waals surface area (Å²) in [5, 5.41) is 4.45. The van der Waals surface area contributed by atoms with Crippen LogP contribution in [0.25, 0.3) is 0 Å². The highest BCUT2D eigenvalue weighted by Gasteiger charge is 2.31. The van der Waals surface area contributed by atoms with Crippen molar-refractivity contribution in [1.29, 1.82) is 0 Å². The summed E-state index contributed by atoms with van der Waals surface area (Å²) in [4.78, 5) is 0. The number of methoxy groups -OCH3 is 1. The largest absolute Gasteiger partial charge is 0.493 e. The number of hydrazine groups is 1. The number of nitrogens with two attached hydrogens (primary N) is 1. The summed E-state index contributed by atoms with van der Waals surface area (Å²) < 4.78 is 7.53. The molecule has 1 aliphatic carbocycles. The van der Waals surface area contributed by atoms with Crippen molar-refractivity contribution in [3.05, 3.63) is 11.9 Å². The average Bonchev–Trinajstić information content (AvgIpc) is 2.85. The van der Waals surface area contributed by atoms with Gasteiger partial charge >= 0.3 is 0 Å². The predicted molar refractivity (Wildman–Crippen MR) is 80.3 cm³/mol. The van der Waals surface area contributed by atoms with E-state index in [0.717, 1.165) is 30.3 Å². The third kappa shape index (κ3) is 3.15. The van der Waals surface area contributed by atoms with Crippen molar-refractivity contribution in [2.75, 3.05) is 7.11 Å². The Morgan fingerprint density at radius 2 is 2.15 bits per heavy atom. The first kappa shape index (κ1) is 15.3. The molecular weight excluding hydrogens is 252 g/mol. The highest BCUT2D eigenvalue weighted by molar-refractivity contribution is 5.29. The van der Waals surface area contributed by atoms with Gasteiger partial charge in [-0.05, 0) is 31.1 Å². The number of nitrogens with zero attached hydrogens (tertiary/aromatic N) is 2. The smallest absolute Gasteiger partial charge is 0.161 e. The number of aromatic nitrogens is 2. The van der Waals surface area contributed by atoms with Gasteiger partial charge in [0.05, 0.1) is 25.0 Å². The lowest BCUT2D eigenvalue weighted by Crippen LogP contribution is -2.37. The molecule has 1 saturated carbocycles. The van der Waals surface area contributed by atoms with Crippen LogP contribution in [0.3, 0.4) is 0 Å². The molecule has 0 spiro atoms. The van der Waals surface area contributed by atoms with Crippen LogP contribution >= 0.6 is 0 Å². The van der Waals surface area contributed by atoms with Gasteiger partial charge in [-0.3, -0.25) is 16.0 Å². The van der Waals surface area contributed by atoms with Crippen molar-refractivity contribution in [3.8, 4) is 5.75 Å². The minimum Gasteiger partial charge on any atom is -0.493 e. The molecule has 1 unspecified atom stereocenters. The molecule has 1 fully saturated rings. The molecule has 3 N–H and O–H groups in total. The van der Waals surface area contributed by atoms with E-state index in [1.54, 1.807) is 13.3 Å². The van der Waals surface area contributed by atoms with E-state index in [2.05, 4.69) is 24.4 Å². The lowest BCUT2D eigenvalue weighted by Gasteiger charge is -2.33. The highest BCUT2D eigenvalue weighted by atomic mass is 16.5. The normalized spacial score (nSPS) is 24.6. The van der Waals surface area contributed by atoms with E-state index < -0.39 is 0 Å². The summed E-state index contributed by atoms with van der Waals surface area (Å²) in [7, 11) is 1.70. The Labute approximate surface area is 121 Å². The third-order valence-corrected chi connectivity index (χ3v) is 4.51. The van der Waals surface area contributed by atoms with Gasteiger partial charge in [0.2, 0.25) is 0 Å². The van der Waals surface area contributed by atoms with Crippen molar-refractivity contribution in [3.63, 3.8) is 0 Å². The Morgan fingerprint density at radius 3 is 2.70 bits per heavy atom. The number of ether oxygens (including phenoxy) is 1. The van der Waals surface area contributed by atoms with Crippen LogP contribution in [0.15, 0.2) is 6.20 Å². The van der Waals surface area contributed by atoms with E-state index >= 15 is 0 Å². The van der Waals surface area contributed by atoms with Crippen molar-refractivity contribution in [2.24, 2.45) is 17.7 Å². The first-order valence-electron chi connectivity index (χ1n) is 7.77. The Balaban J connectivity index is 2.23. The average molecular weight is 280 g/mol. The standard InChI is InChI=1S/C15H28N4O/c1-4-9-19-15(13(20-3)10-17-19)14(18-16)12-7-5-11(2)6-8-12/h10-12,14,18H,4-9,16H2,1-3H3. The molecule has 0 aromatic carbocycles. The summed E-state index contributed by atoms with van der Waals surface area (Å²) in [6.45, 7) is 5.40. The van der Waals surface area contributed by atoms with Crippen LogP contribution in [0.4, 0.5) is 0 Å². The van der Waals surface area contributed by atoms with Gasteiger partial charge in [0.15, 0.2) is 5.75 Å². The van der Waals surface area contributed by atoms with Gasteiger partial charge in [-0.25, -0.2) is 0 Å². The maximum Gasteiger partial charge on any atom is 0.161 e. The summed E-state index contributed by atoms with van der Waals surface area (Å²) in [6.07, 6.45) is 7.87. The Morgan fingerprint density at radius 1 is 1.45 bits per heavy atom. The Kier molecular flexibility index (Phi) is 5.43. The van der Waals surface area contributed by atoms with E-state index in [1.165, 1.54) is 25.7 Å². The molecule has 114 valence electrons. The molecule has 1 aromatic rings. The van der Waals surface area contributed by atoms with E-state index in [4.69, 9.17) is 10.6 Å². The second-order valence-corrected chi connectivity index (χ2v) is 5.99. The van der Waals surface area contributed by atoms with Gasteiger partial charge in [-0.15, -0.1) is 0 Å². The van der Waals surface area contributed by atoms with Crippen LogP contribution in [-0.4, -0.2) is 16.9 Å². The first-order valence-corrected chi connectivity index (χ1v) is 7.77. The quantitative estimate of drug-likeness (QED) is 0.621. The SMILES string of the molecule is CCCn1ncc(OC)c1C(NN)C1CCC(C)CC1. The van der Waals surface area contributed by atoms with Gasteiger partial charge in [-0.1, -0.05) is 26.7 Å². The molecule has 5 nitrogen and oxygen atoms in total. The number of hydrogen-bond acceptors (Lipinski definition) is 4. The zero-order chi connectivity index (χ0) is 14.5. The molecule has 1 aromatic heterocycles. The number of rotatable bonds is 6. The lowest BCUT2D eigenvalue weighted by atomic mass is 9.78. The topological polar surface area (TPSA) is 65.1 Å². The molecule has 5 heteroatoms. The fourth-order valence-electron chi connectivity index (χ4n) is 3.30. The number of hydrogen-bond donors (Lipinski definition) is 2. The minimum atomic E-state index is 0.131. The van der Waals surface area contributed by atoms with Crippen molar-refractivity contribution in [2.45, 2.75) is 58.5 Å². The van der Waals surface area contributed by atoms with Gasteiger partial charge < -0.3 is 4.74 Å². The molecule has 0 aliphatic heterocycles. The monoisotopic (exact) mass is 280 g/mol. The van der Waals surface area contributed by atoms with Crippen LogP contribution in [0.2, 0.25) is 0 Å². The molecular formula is C15H28N4O. The zero-order valence-corrected chi connectivity index (χ0v) is 12.9.